The van der Waals surface area contributed by atoms with E-state index in [1.165, 1.54) is 0 Å². The highest BCUT2D eigenvalue weighted by Gasteiger charge is 2.07. The van der Waals surface area contributed by atoms with Crippen LogP contribution in [0.2, 0.25) is 0 Å². The first-order chi connectivity index (χ1) is 34.6. The molecule has 0 aliphatic carbocycles. The van der Waals surface area contributed by atoms with Gasteiger partial charge in [-0.2, -0.15) is 0 Å². The first kappa shape index (κ1) is 53.3. The van der Waals surface area contributed by atoms with E-state index in [4.69, 9.17) is 0 Å². The second-order valence-corrected chi connectivity index (χ2v) is 15.4. The van der Waals surface area contributed by atoms with E-state index in [1.54, 1.807) is 154 Å². The third-order valence-electron chi connectivity index (χ3n) is 7.89. The number of aromatic nitrogens is 20. The van der Waals surface area contributed by atoms with Crippen LogP contribution in [0.4, 0.5) is 11.5 Å². The molecule has 10 aromatic rings. The topological polar surface area (TPSA) is 276 Å². The van der Waals surface area contributed by atoms with Gasteiger partial charge in [-0.1, -0.05) is 0 Å². The van der Waals surface area contributed by atoms with Gasteiger partial charge in [-0.15, -0.1) is 0 Å². The molecule has 0 atom stereocenters. The van der Waals surface area contributed by atoms with Crippen molar-refractivity contribution in [1.82, 2.24) is 105 Å². The Morgan fingerprint density at radius 3 is 0.901 bits per heavy atom. The minimum atomic E-state index is 0.523. The van der Waals surface area contributed by atoms with Crippen molar-refractivity contribution < 1.29 is 0 Å². The maximum atomic E-state index is 4.33. The smallest absolute Gasteiger partial charge is 0.199 e. The molecular weight excluding hydrogens is 1030 g/mol. The Morgan fingerprint density at radius 1 is 0.324 bits per heavy atom. The summed E-state index contributed by atoms with van der Waals surface area (Å²) in [6, 6.07) is 14.1. The molecule has 0 amide bonds. The normalized spacial score (nSPS) is 9.75. The molecule has 0 saturated carbocycles. The lowest BCUT2D eigenvalue weighted by atomic mass is 10.4. The quantitative estimate of drug-likeness (QED) is 0.175. The standard InChI is InChI=1S/2C10H11N5.2C8H5BrN4.C8H6N4.C2H7N/c1-15(2)8-4-7-13-10(14-8)9-11-5-3-6-12-9;1-15(2)8-6-13-10(14-7-8)9-11-4-3-5-12-9;9-6-2-5-12-8(13-6)7-10-3-1-4-11-7;9-6-4-12-8(13-5-6)7-10-2-1-3-11-7;1-3-9-7(10-4-1)8-11-5-2-6-12-8;1-3-2/h2*3-7H,1-2H3;2*1-5H;1-6H;3H,1-2H3. The predicted molar refractivity (Wildman–Crippen MR) is 274 cm³/mol. The van der Waals surface area contributed by atoms with Crippen LogP contribution in [0, 0.1) is 0 Å². The average molecular weight is 1080 g/mol. The van der Waals surface area contributed by atoms with Crippen molar-refractivity contribution in [3.63, 3.8) is 0 Å². The molecule has 0 saturated heterocycles. The van der Waals surface area contributed by atoms with E-state index < -0.39 is 0 Å². The number of rotatable bonds is 7. The Morgan fingerprint density at radius 2 is 0.592 bits per heavy atom. The van der Waals surface area contributed by atoms with Crippen molar-refractivity contribution in [3.8, 4) is 58.2 Å². The van der Waals surface area contributed by atoms with Gasteiger partial charge in [-0.3, -0.25) is 0 Å². The zero-order chi connectivity index (χ0) is 50.5. The first-order valence-corrected chi connectivity index (χ1v) is 22.4. The molecule has 0 radical (unpaired) electrons. The molecule has 10 aromatic heterocycles. The van der Waals surface area contributed by atoms with Crippen molar-refractivity contribution >= 4 is 43.4 Å². The number of hydrogen-bond acceptors (Lipinski definition) is 23. The van der Waals surface area contributed by atoms with Gasteiger partial charge in [0.15, 0.2) is 58.2 Å². The van der Waals surface area contributed by atoms with E-state index >= 15 is 0 Å². The Kier molecular flexibility index (Phi) is 22.5. The zero-order valence-electron chi connectivity index (χ0n) is 39.1. The molecular formula is C46H45Br2N23. The lowest BCUT2D eigenvalue weighted by Gasteiger charge is -2.10. The van der Waals surface area contributed by atoms with Gasteiger partial charge in [-0.05, 0) is 94.5 Å². The molecule has 0 bridgehead atoms. The summed E-state index contributed by atoms with van der Waals surface area (Å²) >= 11 is 6.50. The Hall–Kier alpha value is -8.68. The maximum absolute atomic E-state index is 4.33. The van der Waals surface area contributed by atoms with Gasteiger partial charge in [0, 0.05) is 127 Å². The fraction of sp³-hybridized carbons (Fsp3) is 0.130. The highest BCUT2D eigenvalue weighted by Crippen LogP contribution is 2.14. The van der Waals surface area contributed by atoms with Crippen molar-refractivity contribution in [2.45, 2.75) is 0 Å². The van der Waals surface area contributed by atoms with E-state index in [-0.39, 0.29) is 0 Å². The largest absolute Gasteiger partial charge is 0.375 e. The maximum Gasteiger partial charge on any atom is 0.199 e. The van der Waals surface area contributed by atoms with Crippen LogP contribution >= 0.6 is 31.9 Å². The summed E-state index contributed by atoms with van der Waals surface area (Å²) in [6.07, 6.45) is 30.2. The van der Waals surface area contributed by atoms with Crippen molar-refractivity contribution in [2.75, 3.05) is 52.1 Å². The van der Waals surface area contributed by atoms with Crippen LogP contribution in [0.5, 0.6) is 0 Å². The molecule has 10 heterocycles. The van der Waals surface area contributed by atoms with Crippen LogP contribution in [0.15, 0.2) is 169 Å². The van der Waals surface area contributed by atoms with Crippen LogP contribution in [-0.2, 0) is 0 Å². The van der Waals surface area contributed by atoms with Crippen LogP contribution in [0.1, 0.15) is 0 Å². The molecule has 0 unspecified atom stereocenters. The summed E-state index contributed by atoms with van der Waals surface area (Å²) in [7, 11) is 11.5. The summed E-state index contributed by atoms with van der Waals surface area (Å²) in [5, 5.41) is 2.75. The van der Waals surface area contributed by atoms with Gasteiger partial charge in [0.2, 0.25) is 0 Å². The van der Waals surface area contributed by atoms with Gasteiger partial charge < -0.3 is 15.1 Å². The summed E-state index contributed by atoms with van der Waals surface area (Å²) in [6.45, 7) is 0. The van der Waals surface area contributed by atoms with E-state index in [0.717, 1.165) is 20.6 Å². The minimum Gasteiger partial charge on any atom is -0.375 e. The van der Waals surface area contributed by atoms with Crippen molar-refractivity contribution in [2.24, 2.45) is 0 Å². The molecule has 0 aliphatic rings. The molecule has 23 nitrogen and oxygen atoms in total. The van der Waals surface area contributed by atoms with Gasteiger partial charge in [0.25, 0.3) is 0 Å². The van der Waals surface area contributed by atoms with Gasteiger partial charge >= 0.3 is 0 Å². The summed E-state index contributed by atoms with van der Waals surface area (Å²) < 4.78 is 1.57. The van der Waals surface area contributed by atoms with Gasteiger partial charge in [-0.25, -0.2) is 99.7 Å². The van der Waals surface area contributed by atoms with E-state index in [1.807, 2.05) is 58.2 Å². The Bertz CT molecular complexity index is 2940. The molecule has 0 aliphatic heterocycles. The number of nitrogens with zero attached hydrogens (tertiary/aromatic N) is 22. The summed E-state index contributed by atoms with van der Waals surface area (Å²) in [5.74, 6) is 6.24. The molecule has 358 valence electrons. The number of hydrogen-bond donors (Lipinski definition) is 1. The molecule has 0 aromatic carbocycles. The van der Waals surface area contributed by atoms with Crippen LogP contribution in [0.3, 0.4) is 0 Å². The average Bonchev–Trinajstić information content (AvgIpc) is 3.43. The van der Waals surface area contributed by atoms with Crippen molar-refractivity contribution in [3.05, 3.63) is 169 Å². The number of anilines is 2. The molecule has 0 fully saturated rings. The molecule has 25 heteroatoms. The highest BCUT2D eigenvalue weighted by atomic mass is 79.9. The van der Waals surface area contributed by atoms with Gasteiger partial charge in [0.1, 0.15) is 10.4 Å². The van der Waals surface area contributed by atoms with E-state index in [0.29, 0.717) is 58.2 Å². The van der Waals surface area contributed by atoms with Crippen LogP contribution < -0.4 is 15.1 Å². The van der Waals surface area contributed by atoms with Crippen LogP contribution in [0.25, 0.3) is 58.2 Å². The van der Waals surface area contributed by atoms with Crippen LogP contribution in [-0.4, -0.2) is 142 Å². The monoisotopic (exact) mass is 1080 g/mol. The molecule has 10 rings (SSSR count). The SMILES string of the molecule is Brc1ccnc(-c2ncccn2)n1.Brc1cnc(-c2ncccn2)nc1.CN(C)c1ccnc(-c2ncccn2)n1.CN(C)c1cnc(-c2ncccn2)nc1.CNC.c1cnc(-c2ncccn2)nc1. The highest BCUT2D eigenvalue weighted by molar-refractivity contribution is 9.10. The third-order valence-corrected chi connectivity index (χ3v) is 8.74. The van der Waals surface area contributed by atoms with Gasteiger partial charge in [0.05, 0.1) is 22.6 Å². The second-order valence-electron chi connectivity index (χ2n) is 13.7. The molecule has 0 spiro atoms. The summed E-state index contributed by atoms with van der Waals surface area (Å²) in [5.41, 5.74) is 0.953. The second kappa shape index (κ2) is 29.9. The predicted octanol–water partition coefficient (Wildman–Crippen LogP) is 6.16. The molecule has 71 heavy (non-hydrogen) atoms. The van der Waals surface area contributed by atoms with E-state index in [9.17, 15) is 0 Å². The number of halogens is 2. The Labute approximate surface area is 425 Å². The Balaban J connectivity index is 0.000000163. The van der Waals surface area contributed by atoms with Crippen molar-refractivity contribution in [1.29, 1.82) is 0 Å². The lowest BCUT2D eigenvalue weighted by molar-refractivity contribution is 1.02. The third kappa shape index (κ3) is 18.7. The zero-order valence-corrected chi connectivity index (χ0v) is 42.3. The summed E-state index contributed by atoms with van der Waals surface area (Å²) in [4.78, 5) is 85.5. The fourth-order valence-corrected chi connectivity index (χ4v) is 5.22. The molecule has 1 N–H and O–H groups in total. The fourth-order valence-electron chi connectivity index (χ4n) is 4.73. The number of nitrogens with one attached hydrogen (secondary N) is 1. The lowest BCUT2D eigenvalue weighted by Crippen LogP contribution is -2.11. The van der Waals surface area contributed by atoms with E-state index in [2.05, 4.69) is 137 Å². The minimum absolute atomic E-state index is 0.523. The first-order valence-electron chi connectivity index (χ1n) is 20.8.